The molecule has 3 nitrogen and oxygen atoms in total. The number of rotatable bonds is 6. The second-order valence-corrected chi connectivity index (χ2v) is 4.91. The van der Waals surface area contributed by atoms with Crippen molar-refractivity contribution in [2.75, 3.05) is 7.11 Å². The smallest absolute Gasteiger partial charge is 0.118 e. The van der Waals surface area contributed by atoms with Crippen molar-refractivity contribution in [1.29, 1.82) is 0 Å². The average Bonchev–Trinajstić information content (AvgIpc) is 2.48. The first kappa shape index (κ1) is 14.5. The van der Waals surface area contributed by atoms with Crippen LogP contribution in [0.2, 0.25) is 0 Å². The monoisotopic (exact) mass is 270 g/mol. The molecule has 0 aliphatic heterocycles. The van der Waals surface area contributed by atoms with Gasteiger partial charge in [-0.3, -0.25) is 4.98 Å². The van der Waals surface area contributed by atoms with Gasteiger partial charge in [-0.2, -0.15) is 0 Å². The second kappa shape index (κ2) is 7.06. The summed E-state index contributed by atoms with van der Waals surface area (Å²) in [7, 11) is 1.68. The lowest BCUT2D eigenvalue weighted by atomic mass is 10.1. The van der Waals surface area contributed by atoms with Crippen LogP contribution in [0.3, 0.4) is 0 Å². The summed E-state index contributed by atoms with van der Waals surface area (Å²) in [4.78, 5) is 4.49. The van der Waals surface area contributed by atoms with Crippen LogP contribution in [0.1, 0.15) is 29.3 Å². The molecule has 20 heavy (non-hydrogen) atoms. The molecule has 0 spiro atoms. The number of ether oxygens (including phenoxy) is 1. The zero-order chi connectivity index (χ0) is 14.4. The Morgan fingerprint density at radius 3 is 2.40 bits per heavy atom. The number of benzene rings is 1. The minimum Gasteiger partial charge on any atom is -0.497 e. The lowest BCUT2D eigenvalue weighted by Crippen LogP contribution is -2.13. The molecule has 0 fully saturated rings. The second-order valence-electron chi connectivity index (χ2n) is 4.91. The average molecular weight is 270 g/mol. The Kier molecular flexibility index (Phi) is 5.13. The predicted octanol–water partition coefficient (Wildman–Crippen LogP) is 3.25. The highest BCUT2D eigenvalue weighted by Crippen LogP contribution is 2.12. The number of nitrogens with zero attached hydrogens (tertiary/aromatic N) is 1. The number of hydrogen-bond acceptors (Lipinski definition) is 3. The molecule has 0 aliphatic rings. The van der Waals surface area contributed by atoms with Crippen molar-refractivity contribution in [3.05, 3.63) is 58.9 Å². The zero-order valence-corrected chi connectivity index (χ0v) is 12.4. The molecule has 1 heterocycles. The highest BCUT2D eigenvalue weighted by atomic mass is 16.5. The molecule has 2 aromatic rings. The van der Waals surface area contributed by atoms with E-state index in [1.165, 1.54) is 22.4 Å². The molecule has 0 unspecified atom stereocenters. The molecule has 106 valence electrons. The minimum atomic E-state index is 0.837. The van der Waals surface area contributed by atoms with Crippen molar-refractivity contribution in [2.24, 2.45) is 0 Å². The summed E-state index contributed by atoms with van der Waals surface area (Å²) in [6, 6.07) is 10.3. The van der Waals surface area contributed by atoms with Gasteiger partial charge in [-0.05, 0) is 42.2 Å². The lowest BCUT2D eigenvalue weighted by Gasteiger charge is -2.08. The third-order valence-corrected chi connectivity index (χ3v) is 3.40. The molecule has 2 rings (SSSR count). The molecule has 1 aromatic carbocycles. The number of methoxy groups -OCH3 is 1. The molecular weight excluding hydrogens is 248 g/mol. The molecule has 0 saturated heterocycles. The molecule has 0 aliphatic carbocycles. The van der Waals surface area contributed by atoms with Gasteiger partial charge in [-0.25, -0.2) is 0 Å². The molecule has 1 aromatic heterocycles. The maximum atomic E-state index is 5.15. The van der Waals surface area contributed by atoms with Crippen molar-refractivity contribution < 1.29 is 4.74 Å². The van der Waals surface area contributed by atoms with Crippen molar-refractivity contribution in [2.45, 2.75) is 33.4 Å². The fourth-order valence-corrected chi connectivity index (χ4v) is 2.22. The fourth-order valence-electron chi connectivity index (χ4n) is 2.22. The van der Waals surface area contributed by atoms with Gasteiger partial charge in [0.1, 0.15) is 5.75 Å². The van der Waals surface area contributed by atoms with Crippen molar-refractivity contribution >= 4 is 0 Å². The van der Waals surface area contributed by atoms with Crippen LogP contribution in [0.25, 0.3) is 0 Å². The van der Waals surface area contributed by atoms with E-state index < -0.39 is 0 Å². The maximum absolute atomic E-state index is 5.15. The van der Waals surface area contributed by atoms with Gasteiger partial charge < -0.3 is 10.1 Å². The standard InChI is InChI=1S/C17H22N2O/c1-4-17-13(2)9-15(12-19-17)11-18-10-14-5-7-16(20-3)8-6-14/h5-9,12,18H,4,10-11H2,1-3H3. The molecule has 0 atom stereocenters. The molecule has 0 bridgehead atoms. The van der Waals surface area contributed by atoms with Gasteiger partial charge in [0, 0.05) is 25.0 Å². The van der Waals surface area contributed by atoms with E-state index in [1.807, 2.05) is 18.3 Å². The molecule has 1 N–H and O–H groups in total. The number of aryl methyl sites for hydroxylation is 2. The van der Waals surface area contributed by atoms with Crippen LogP contribution < -0.4 is 10.1 Å². The minimum absolute atomic E-state index is 0.837. The Hall–Kier alpha value is -1.87. The van der Waals surface area contributed by atoms with Gasteiger partial charge in [-0.1, -0.05) is 25.1 Å². The van der Waals surface area contributed by atoms with E-state index in [-0.39, 0.29) is 0 Å². The molecule has 0 radical (unpaired) electrons. The van der Waals surface area contributed by atoms with E-state index in [1.54, 1.807) is 7.11 Å². The summed E-state index contributed by atoms with van der Waals surface area (Å²) in [5.41, 5.74) is 4.94. The van der Waals surface area contributed by atoms with Gasteiger partial charge in [0.15, 0.2) is 0 Å². The van der Waals surface area contributed by atoms with Crippen LogP contribution in [0, 0.1) is 6.92 Å². The summed E-state index contributed by atoms with van der Waals surface area (Å²) >= 11 is 0. The van der Waals surface area contributed by atoms with E-state index in [0.717, 1.165) is 25.3 Å². The first-order valence-corrected chi connectivity index (χ1v) is 7.01. The molecule has 3 heteroatoms. The quantitative estimate of drug-likeness (QED) is 0.875. The third kappa shape index (κ3) is 3.81. The van der Waals surface area contributed by atoms with E-state index in [9.17, 15) is 0 Å². The highest BCUT2D eigenvalue weighted by Gasteiger charge is 2.00. The van der Waals surface area contributed by atoms with Crippen LogP contribution in [-0.4, -0.2) is 12.1 Å². The van der Waals surface area contributed by atoms with E-state index >= 15 is 0 Å². The number of pyridine rings is 1. The first-order valence-electron chi connectivity index (χ1n) is 7.01. The molecule has 0 amide bonds. The van der Waals surface area contributed by atoms with Crippen molar-refractivity contribution in [3.63, 3.8) is 0 Å². The van der Waals surface area contributed by atoms with Crippen molar-refractivity contribution in [3.8, 4) is 5.75 Å². The van der Waals surface area contributed by atoms with Gasteiger partial charge in [0.2, 0.25) is 0 Å². The van der Waals surface area contributed by atoms with E-state index in [2.05, 4.69) is 42.3 Å². The van der Waals surface area contributed by atoms with Crippen LogP contribution in [0.5, 0.6) is 5.75 Å². The summed E-state index contributed by atoms with van der Waals surface area (Å²) in [6.45, 7) is 5.94. The van der Waals surface area contributed by atoms with Gasteiger partial charge in [0.25, 0.3) is 0 Å². The molecule has 0 saturated carbocycles. The zero-order valence-electron chi connectivity index (χ0n) is 12.4. The van der Waals surface area contributed by atoms with Crippen LogP contribution >= 0.6 is 0 Å². The Bertz CT molecular complexity index is 549. The first-order chi connectivity index (χ1) is 9.72. The Morgan fingerprint density at radius 1 is 1.10 bits per heavy atom. The highest BCUT2D eigenvalue weighted by molar-refractivity contribution is 5.27. The van der Waals surface area contributed by atoms with Crippen molar-refractivity contribution in [1.82, 2.24) is 10.3 Å². The van der Waals surface area contributed by atoms with E-state index in [4.69, 9.17) is 4.74 Å². The summed E-state index contributed by atoms with van der Waals surface area (Å²) < 4.78 is 5.15. The summed E-state index contributed by atoms with van der Waals surface area (Å²) in [5, 5.41) is 3.44. The van der Waals surface area contributed by atoms with Crippen LogP contribution in [0.15, 0.2) is 36.5 Å². The topological polar surface area (TPSA) is 34.2 Å². The predicted molar refractivity (Wildman–Crippen MR) is 81.9 cm³/mol. The van der Waals surface area contributed by atoms with E-state index in [0.29, 0.717) is 0 Å². The summed E-state index contributed by atoms with van der Waals surface area (Å²) in [6.07, 6.45) is 2.96. The maximum Gasteiger partial charge on any atom is 0.118 e. The van der Waals surface area contributed by atoms with Gasteiger partial charge >= 0.3 is 0 Å². The number of hydrogen-bond donors (Lipinski definition) is 1. The Balaban J connectivity index is 1.87. The SMILES string of the molecule is CCc1ncc(CNCc2ccc(OC)cc2)cc1C. The summed E-state index contributed by atoms with van der Waals surface area (Å²) in [5.74, 6) is 0.892. The Labute approximate surface area is 121 Å². The van der Waals surface area contributed by atoms with Gasteiger partial charge in [0.05, 0.1) is 7.11 Å². The fraction of sp³-hybridized carbons (Fsp3) is 0.353. The lowest BCUT2D eigenvalue weighted by molar-refractivity contribution is 0.414. The van der Waals surface area contributed by atoms with Crippen LogP contribution in [0.4, 0.5) is 0 Å². The third-order valence-electron chi connectivity index (χ3n) is 3.40. The largest absolute Gasteiger partial charge is 0.497 e. The van der Waals surface area contributed by atoms with Crippen LogP contribution in [-0.2, 0) is 19.5 Å². The number of aromatic nitrogens is 1. The Morgan fingerprint density at radius 2 is 1.80 bits per heavy atom. The molecular formula is C17H22N2O. The normalized spacial score (nSPS) is 10.6. The number of nitrogens with one attached hydrogen (secondary N) is 1. The van der Waals surface area contributed by atoms with Gasteiger partial charge in [-0.15, -0.1) is 0 Å².